The summed E-state index contributed by atoms with van der Waals surface area (Å²) >= 11 is 6.74. The number of carbonyl (C=O) groups is 1. The summed E-state index contributed by atoms with van der Waals surface area (Å²) in [5.41, 5.74) is -0.135. The Morgan fingerprint density at radius 1 is 1.27 bits per heavy atom. The number of sulfonamides is 1. The van der Waals surface area contributed by atoms with Crippen LogP contribution in [0.1, 0.15) is 12.8 Å². The van der Waals surface area contributed by atoms with Crippen molar-refractivity contribution in [2.45, 2.75) is 23.1 Å². The number of hydrogen-bond donors (Lipinski definition) is 1. The first-order valence-corrected chi connectivity index (χ1v) is 11.3. The molecule has 1 saturated heterocycles. The number of benzene rings is 1. The summed E-state index contributed by atoms with van der Waals surface area (Å²) in [6.07, 6.45) is 0.796. The second-order valence-corrected chi connectivity index (χ2v) is 10.2. The van der Waals surface area contributed by atoms with Crippen molar-refractivity contribution in [3.63, 3.8) is 0 Å². The SMILES string of the molecule is O=C(Nc1nnc(-c2ccc(F)cc2F)o1)C1CCCN1S(=O)(=O)c1ccc(Cl)s1. The molecule has 0 spiro atoms. The highest BCUT2D eigenvalue weighted by Crippen LogP contribution is 2.32. The lowest BCUT2D eigenvalue weighted by Crippen LogP contribution is -2.42. The van der Waals surface area contributed by atoms with E-state index < -0.39 is 33.6 Å². The number of halogens is 3. The summed E-state index contributed by atoms with van der Waals surface area (Å²) < 4.78 is 59.3. The van der Waals surface area contributed by atoms with Crippen LogP contribution in [0.4, 0.5) is 14.8 Å². The van der Waals surface area contributed by atoms with E-state index >= 15 is 0 Å². The first-order chi connectivity index (χ1) is 14.3. The smallest absolute Gasteiger partial charge is 0.322 e. The van der Waals surface area contributed by atoms with Gasteiger partial charge >= 0.3 is 6.01 Å². The maximum atomic E-state index is 13.9. The molecule has 1 aliphatic heterocycles. The van der Waals surface area contributed by atoms with Crippen molar-refractivity contribution in [3.8, 4) is 11.5 Å². The van der Waals surface area contributed by atoms with Crippen molar-refractivity contribution in [1.82, 2.24) is 14.5 Å². The Hall–Kier alpha value is -2.41. The lowest BCUT2D eigenvalue weighted by Gasteiger charge is -2.21. The molecule has 0 saturated carbocycles. The van der Waals surface area contributed by atoms with Gasteiger partial charge in [0.2, 0.25) is 5.91 Å². The standard InChI is InChI=1S/C17H13ClF2N4O4S2/c18-13-5-6-14(29-13)30(26,27)24-7-1-2-12(24)15(25)21-17-23-22-16(28-17)10-4-3-9(19)8-11(10)20/h3-6,8,12H,1-2,7H2,(H,21,23,25). The third-order valence-corrected chi connectivity index (χ3v) is 8.04. The predicted octanol–water partition coefficient (Wildman–Crippen LogP) is 3.52. The van der Waals surface area contributed by atoms with Crippen molar-refractivity contribution in [2.75, 3.05) is 11.9 Å². The average molecular weight is 475 g/mol. The molecule has 1 fully saturated rings. The van der Waals surface area contributed by atoms with Crippen LogP contribution in [0.2, 0.25) is 4.34 Å². The zero-order valence-electron chi connectivity index (χ0n) is 15.0. The Bertz CT molecular complexity index is 1210. The summed E-state index contributed by atoms with van der Waals surface area (Å²) in [6.45, 7) is 0.172. The Labute approximate surface area is 178 Å². The van der Waals surface area contributed by atoms with E-state index in [-0.39, 0.29) is 28.2 Å². The Morgan fingerprint density at radius 3 is 2.77 bits per heavy atom. The lowest BCUT2D eigenvalue weighted by atomic mass is 10.2. The second kappa shape index (κ2) is 8.02. The van der Waals surface area contributed by atoms with E-state index in [0.29, 0.717) is 23.2 Å². The number of amides is 1. The average Bonchev–Trinajstić information content (AvgIpc) is 3.42. The van der Waals surface area contributed by atoms with Crippen LogP contribution in [0.15, 0.2) is 39.0 Å². The molecule has 1 atom stereocenters. The fraction of sp³-hybridized carbons (Fsp3) is 0.235. The molecule has 0 radical (unpaired) electrons. The van der Waals surface area contributed by atoms with Crippen LogP contribution >= 0.6 is 22.9 Å². The normalized spacial score (nSPS) is 17.4. The van der Waals surface area contributed by atoms with Crippen molar-refractivity contribution >= 4 is 44.9 Å². The van der Waals surface area contributed by atoms with Gasteiger partial charge in [-0.25, -0.2) is 17.2 Å². The molecule has 0 aliphatic carbocycles. The third kappa shape index (κ3) is 3.95. The van der Waals surface area contributed by atoms with Gasteiger partial charge in [0.05, 0.1) is 9.90 Å². The minimum atomic E-state index is -3.90. The summed E-state index contributed by atoms with van der Waals surface area (Å²) in [5, 5.41) is 9.62. The van der Waals surface area contributed by atoms with Gasteiger partial charge in [0.25, 0.3) is 15.9 Å². The number of anilines is 1. The van der Waals surface area contributed by atoms with Crippen LogP contribution in [0, 0.1) is 11.6 Å². The highest BCUT2D eigenvalue weighted by molar-refractivity contribution is 7.91. The van der Waals surface area contributed by atoms with E-state index in [1.54, 1.807) is 0 Å². The molecule has 3 aromatic rings. The second-order valence-electron chi connectivity index (χ2n) is 6.36. The number of nitrogens with one attached hydrogen (secondary N) is 1. The van der Waals surface area contributed by atoms with Crippen molar-refractivity contribution < 1.29 is 26.4 Å². The van der Waals surface area contributed by atoms with Crippen LogP contribution in [0.5, 0.6) is 0 Å². The Kier molecular flexibility index (Phi) is 5.57. The number of rotatable bonds is 5. The maximum absolute atomic E-state index is 13.9. The zero-order valence-corrected chi connectivity index (χ0v) is 17.4. The van der Waals surface area contributed by atoms with E-state index in [2.05, 4.69) is 15.5 Å². The number of nitrogens with zero attached hydrogens (tertiary/aromatic N) is 3. The van der Waals surface area contributed by atoms with E-state index in [1.165, 1.54) is 12.1 Å². The zero-order chi connectivity index (χ0) is 21.5. The lowest BCUT2D eigenvalue weighted by molar-refractivity contribution is -0.119. The first-order valence-electron chi connectivity index (χ1n) is 8.62. The number of thiophene rings is 1. The molecule has 1 aromatic carbocycles. The topological polar surface area (TPSA) is 105 Å². The van der Waals surface area contributed by atoms with Crippen molar-refractivity contribution in [2.24, 2.45) is 0 Å². The van der Waals surface area contributed by atoms with Crippen LogP contribution in [-0.2, 0) is 14.8 Å². The Balaban J connectivity index is 1.52. The summed E-state index contributed by atoms with van der Waals surface area (Å²) in [4.78, 5) is 12.7. The number of hydrogen-bond acceptors (Lipinski definition) is 7. The molecule has 2 aromatic heterocycles. The highest BCUT2D eigenvalue weighted by Gasteiger charge is 2.40. The molecular formula is C17H13ClF2N4O4S2. The van der Waals surface area contributed by atoms with Crippen molar-refractivity contribution in [3.05, 3.63) is 46.3 Å². The quantitative estimate of drug-likeness (QED) is 0.606. The number of aromatic nitrogens is 2. The van der Waals surface area contributed by atoms with Crippen LogP contribution < -0.4 is 5.32 Å². The van der Waals surface area contributed by atoms with Crippen LogP contribution in [-0.4, -0.2) is 41.4 Å². The highest BCUT2D eigenvalue weighted by atomic mass is 35.5. The molecule has 158 valence electrons. The molecule has 1 unspecified atom stereocenters. The van der Waals surface area contributed by atoms with Gasteiger partial charge in [-0.15, -0.1) is 16.4 Å². The first kappa shape index (κ1) is 20.8. The summed E-state index contributed by atoms with van der Waals surface area (Å²) in [6, 6.07) is 4.36. The van der Waals surface area contributed by atoms with Gasteiger partial charge in [-0.1, -0.05) is 16.7 Å². The summed E-state index contributed by atoms with van der Waals surface area (Å²) in [5.74, 6) is -2.58. The van der Waals surface area contributed by atoms with Gasteiger partial charge < -0.3 is 4.42 Å². The monoisotopic (exact) mass is 474 g/mol. The molecule has 1 N–H and O–H groups in total. The molecule has 3 heterocycles. The van der Waals surface area contributed by atoms with Crippen LogP contribution in [0.25, 0.3) is 11.5 Å². The van der Waals surface area contributed by atoms with Gasteiger partial charge in [0.1, 0.15) is 21.9 Å². The fourth-order valence-electron chi connectivity index (χ4n) is 3.08. The molecule has 0 bridgehead atoms. The molecule has 13 heteroatoms. The molecule has 8 nitrogen and oxygen atoms in total. The minimum Gasteiger partial charge on any atom is -0.403 e. The number of carbonyl (C=O) groups excluding carboxylic acids is 1. The van der Waals surface area contributed by atoms with Gasteiger partial charge in [-0.2, -0.15) is 4.31 Å². The molecular weight excluding hydrogens is 462 g/mol. The Morgan fingerprint density at radius 2 is 2.07 bits per heavy atom. The van der Waals surface area contributed by atoms with Gasteiger partial charge in [0.15, 0.2) is 0 Å². The fourth-order valence-corrected chi connectivity index (χ4v) is 6.34. The molecule has 4 rings (SSSR count). The van der Waals surface area contributed by atoms with Gasteiger partial charge in [0, 0.05) is 12.6 Å². The molecule has 1 aliphatic rings. The van der Waals surface area contributed by atoms with E-state index in [1.807, 2.05) is 0 Å². The van der Waals surface area contributed by atoms with E-state index in [9.17, 15) is 22.0 Å². The van der Waals surface area contributed by atoms with Crippen LogP contribution in [0.3, 0.4) is 0 Å². The van der Waals surface area contributed by atoms with Crippen molar-refractivity contribution in [1.29, 1.82) is 0 Å². The summed E-state index contributed by atoms with van der Waals surface area (Å²) in [7, 11) is -3.90. The third-order valence-electron chi connectivity index (χ3n) is 4.43. The predicted molar refractivity (Wildman–Crippen MR) is 105 cm³/mol. The molecule has 1 amide bonds. The molecule has 30 heavy (non-hydrogen) atoms. The van der Waals surface area contributed by atoms with Gasteiger partial charge in [-0.05, 0) is 37.1 Å². The maximum Gasteiger partial charge on any atom is 0.322 e. The minimum absolute atomic E-state index is 0.0408. The largest absolute Gasteiger partial charge is 0.403 e. The van der Waals surface area contributed by atoms with Gasteiger partial charge in [-0.3, -0.25) is 10.1 Å². The van der Waals surface area contributed by atoms with E-state index in [0.717, 1.165) is 27.8 Å². The van der Waals surface area contributed by atoms with E-state index in [4.69, 9.17) is 16.0 Å².